The lowest BCUT2D eigenvalue weighted by atomic mass is 9.87. The second-order valence-electron chi connectivity index (χ2n) is 16.7. The number of benzene rings is 3. The molecule has 1 fully saturated rings. The lowest BCUT2D eigenvalue weighted by Crippen LogP contribution is -2.45. The predicted molar refractivity (Wildman–Crippen MR) is 244 cm³/mol. The first-order valence-electron chi connectivity index (χ1n) is 22.4. The molecule has 6 amide bonds. The molecule has 356 valence electrons. The van der Waals surface area contributed by atoms with Gasteiger partial charge in [-0.2, -0.15) is 9.78 Å². The number of ether oxygens (including phenoxy) is 4. The van der Waals surface area contributed by atoms with Crippen molar-refractivity contribution < 1.29 is 57.3 Å². The number of urea groups is 1. The van der Waals surface area contributed by atoms with Gasteiger partial charge in [0.1, 0.15) is 12.3 Å². The van der Waals surface area contributed by atoms with Crippen LogP contribution in [0.15, 0.2) is 66.7 Å². The number of imide groups is 1. The van der Waals surface area contributed by atoms with E-state index in [4.69, 9.17) is 24.7 Å². The van der Waals surface area contributed by atoms with Gasteiger partial charge >= 0.3 is 12.1 Å². The number of hydrogen-bond donors (Lipinski definition) is 4. The van der Waals surface area contributed by atoms with Crippen molar-refractivity contribution in [3.05, 3.63) is 83.4 Å². The van der Waals surface area contributed by atoms with E-state index in [0.29, 0.717) is 51.0 Å². The highest BCUT2D eigenvalue weighted by atomic mass is 16.6. The van der Waals surface area contributed by atoms with Gasteiger partial charge in [-0.3, -0.25) is 33.7 Å². The first kappa shape index (κ1) is 49.6. The van der Waals surface area contributed by atoms with Gasteiger partial charge in [-0.15, -0.1) is 0 Å². The summed E-state index contributed by atoms with van der Waals surface area (Å²) in [5.74, 6) is -3.08. The number of rotatable bonds is 25. The normalized spacial score (nSPS) is 15.1. The molecule has 3 atom stereocenters. The minimum absolute atomic E-state index is 0.0107. The quantitative estimate of drug-likeness (QED) is 0.0469. The van der Waals surface area contributed by atoms with E-state index in [1.165, 1.54) is 4.90 Å². The number of likely N-dealkylation sites (tertiary alicyclic amines) is 1. The molecule has 0 spiro atoms. The largest absolute Gasteiger partial charge is 0.443 e. The van der Waals surface area contributed by atoms with Crippen LogP contribution in [0, 0.1) is 17.8 Å². The van der Waals surface area contributed by atoms with E-state index < -0.39 is 35.9 Å². The highest BCUT2D eigenvalue weighted by Gasteiger charge is 2.35. The third-order valence-electron chi connectivity index (χ3n) is 11.5. The minimum atomic E-state index is -0.874. The van der Waals surface area contributed by atoms with Gasteiger partial charge in [0.2, 0.25) is 23.6 Å². The molecule has 0 radical (unpaired) electrons. The monoisotopic (exact) mass is 923 g/mol. The van der Waals surface area contributed by atoms with Crippen LogP contribution in [-0.4, -0.2) is 121 Å². The summed E-state index contributed by atoms with van der Waals surface area (Å²) in [5.41, 5.74) is 8.84. The second-order valence-corrected chi connectivity index (χ2v) is 16.7. The number of carbonyl (C=O) groups is 8. The number of Topliss-reactive ketones (excluding diaryl/α,β-unsaturated/α-hetero) is 1. The molecule has 6 rings (SSSR count). The van der Waals surface area contributed by atoms with Gasteiger partial charge in [-0.05, 0) is 42.5 Å². The molecule has 1 unspecified atom stereocenters. The summed E-state index contributed by atoms with van der Waals surface area (Å²) in [7, 11) is 0. The van der Waals surface area contributed by atoms with Crippen molar-refractivity contribution in [3.8, 4) is 11.3 Å². The number of nitrogens with two attached hydrogens (primary N) is 1. The van der Waals surface area contributed by atoms with E-state index in [1.807, 2.05) is 6.07 Å². The van der Waals surface area contributed by atoms with E-state index in [9.17, 15) is 38.4 Å². The van der Waals surface area contributed by atoms with Crippen LogP contribution in [0.25, 0.3) is 22.2 Å². The molecule has 3 aromatic carbocycles. The maximum absolute atomic E-state index is 13.7. The van der Waals surface area contributed by atoms with Gasteiger partial charge in [0.15, 0.2) is 11.6 Å². The van der Waals surface area contributed by atoms with E-state index >= 15 is 0 Å². The van der Waals surface area contributed by atoms with Crippen molar-refractivity contribution in [2.45, 2.75) is 65.5 Å². The maximum atomic E-state index is 13.7. The molecule has 4 aromatic rings. The summed E-state index contributed by atoms with van der Waals surface area (Å²) in [5, 5.41) is 13.3. The molecule has 67 heavy (non-hydrogen) atoms. The van der Waals surface area contributed by atoms with Crippen LogP contribution in [0.1, 0.15) is 74.4 Å². The van der Waals surface area contributed by atoms with E-state index in [1.54, 1.807) is 81.4 Å². The van der Waals surface area contributed by atoms with Crippen molar-refractivity contribution in [1.29, 1.82) is 0 Å². The van der Waals surface area contributed by atoms with Crippen LogP contribution in [0.4, 0.5) is 15.3 Å². The van der Waals surface area contributed by atoms with Crippen LogP contribution in [0.2, 0.25) is 0 Å². The Labute approximate surface area is 387 Å². The van der Waals surface area contributed by atoms with Crippen LogP contribution in [0.3, 0.4) is 0 Å². The molecule has 2 heterocycles. The Morgan fingerprint density at radius 3 is 2.18 bits per heavy atom. The topological polar surface area (TPSA) is 257 Å². The van der Waals surface area contributed by atoms with Crippen molar-refractivity contribution in [1.82, 2.24) is 25.3 Å². The number of nitrogens with one attached hydrogen (secondary N) is 3. The molecule has 19 nitrogen and oxygen atoms in total. The van der Waals surface area contributed by atoms with Gasteiger partial charge < -0.3 is 40.6 Å². The number of nitrogens with zero attached hydrogens (tertiary/aromatic N) is 3. The van der Waals surface area contributed by atoms with Crippen molar-refractivity contribution in [2.75, 3.05) is 58.0 Å². The molecule has 19 heteroatoms. The Hall–Kier alpha value is -6.83. The molecule has 1 aromatic heterocycles. The van der Waals surface area contributed by atoms with Crippen molar-refractivity contribution in [3.63, 3.8) is 0 Å². The number of anilines is 1. The minimum Gasteiger partial charge on any atom is -0.443 e. The number of ketones is 2. The third kappa shape index (κ3) is 13.0. The van der Waals surface area contributed by atoms with E-state index in [0.717, 1.165) is 4.68 Å². The Balaban J connectivity index is 0.943. The molecule has 1 aliphatic carbocycles. The molecule has 0 saturated carbocycles. The molecular weight excluding hydrogens is 867 g/mol. The Morgan fingerprint density at radius 1 is 0.836 bits per heavy atom. The average Bonchev–Trinajstić information content (AvgIpc) is 3.82. The zero-order valence-electron chi connectivity index (χ0n) is 37.9. The average molecular weight is 924 g/mol. The number of primary amides is 1. The zero-order chi connectivity index (χ0) is 48.0. The lowest BCUT2D eigenvalue weighted by Gasteiger charge is -2.24. The predicted octanol–water partition coefficient (Wildman–Crippen LogP) is 4.37. The number of hydrogen-bond acceptors (Lipinski definition) is 13. The number of amides is 6. The van der Waals surface area contributed by atoms with Gasteiger partial charge in [0.25, 0.3) is 0 Å². The highest BCUT2D eigenvalue weighted by molar-refractivity contribution is 6.25. The Morgan fingerprint density at radius 2 is 1.51 bits per heavy atom. The summed E-state index contributed by atoms with van der Waals surface area (Å²) < 4.78 is 23.2. The van der Waals surface area contributed by atoms with Crippen molar-refractivity contribution >= 4 is 63.9 Å². The summed E-state index contributed by atoms with van der Waals surface area (Å²) in [6, 6.07) is 17.3. The zero-order valence-corrected chi connectivity index (χ0v) is 37.9. The molecule has 1 aliphatic heterocycles. The molecule has 0 bridgehead atoms. The molecule has 2 aliphatic rings. The standard InChI is InChI=1S/C48H57N7O12/c1-29(2)42(52-39(57)17-20-64-22-24-66-25-23-65-21-19-54-40(58)26-30(3)46(54)61)38(56)27-32(8-7-18-50-47(49)62)45(60)51-33-15-13-31(14-16-33)28-67-48(63)55-37-12-6-11-36-41(37)43(53-55)34-9-4-5-10-35(34)44(36)59/h4-6,9-16,29-30,32,42H,7-8,17-28H2,1-3H3,(H,51,60)(H,52,57)(H3,49,50,62)/t30?,32-,42+/m1/s1. The van der Waals surface area contributed by atoms with Gasteiger partial charge in [-0.25, -0.2) is 9.59 Å². The Kier molecular flexibility index (Phi) is 17.4. The summed E-state index contributed by atoms with van der Waals surface area (Å²) >= 11 is 0. The number of fused-ring (bicyclic) bond motifs is 2. The number of aromatic nitrogens is 2. The summed E-state index contributed by atoms with van der Waals surface area (Å²) in [6.45, 7) is 6.94. The highest BCUT2D eigenvalue weighted by Crippen LogP contribution is 2.38. The molecule has 1 saturated heterocycles. The van der Waals surface area contributed by atoms with Crippen molar-refractivity contribution in [2.24, 2.45) is 23.5 Å². The number of carbonyl (C=O) groups excluding carboxylic acids is 8. The van der Waals surface area contributed by atoms with Crippen LogP contribution < -0.4 is 21.7 Å². The van der Waals surface area contributed by atoms with Gasteiger partial charge in [0, 0.05) is 65.4 Å². The van der Waals surface area contributed by atoms with Gasteiger partial charge in [0.05, 0.1) is 57.7 Å². The fraction of sp³-hybridized carbons (Fsp3) is 0.438. The first-order chi connectivity index (χ1) is 32.2. The fourth-order valence-corrected chi connectivity index (χ4v) is 7.92. The first-order valence-corrected chi connectivity index (χ1v) is 22.4. The van der Waals surface area contributed by atoms with Crippen LogP contribution in [-0.2, 0) is 49.5 Å². The second kappa shape index (κ2) is 23.6. The van der Waals surface area contributed by atoms with Crippen LogP contribution >= 0.6 is 0 Å². The Bertz CT molecular complexity index is 2470. The van der Waals surface area contributed by atoms with E-state index in [-0.39, 0.29) is 120 Å². The van der Waals surface area contributed by atoms with E-state index in [2.05, 4.69) is 21.0 Å². The molecule has 5 N–H and O–H groups in total. The van der Waals surface area contributed by atoms with Gasteiger partial charge in [-0.1, -0.05) is 69.3 Å². The smallest absolute Gasteiger partial charge is 0.435 e. The maximum Gasteiger partial charge on any atom is 0.435 e. The lowest BCUT2D eigenvalue weighted by molar-refractivity contribution is -0.140. The summed E-state index contributed by atoms with van der Waals surface area (Å²) in [6.07, 6.45) is -0.117. The van der Waals surface area contributed by atoms with Crippen LogP contribution in [0.5, 0.6) is 0 Å². The third-order valence-corrected chi connectivity index (χ3v) is 11.5. The fourth-order valence-electron chi connectivity index (χ4n) is 7.92. The SMILES string of the molecule is CC1CC(=O)N(CCOCCOCCOCCC(=O)N[C@H](C(=O)C[C@@H](CCCNC(N)=O)C(=O)Nc2ccc(COC(=O)n3nc4c5c(cccc53)C(=O)c3ccccc3-4)cc2)C(C)C)C1=O. The molecular formula is C48H57N7O12. The summed E-state index contributed by atoms with van der Waals surface area (Å²) in [4.78, 5) is 103.